The maximum absolute atomic E-state index is 12.5. The van der Waals surface area contributed by atoms with Crippen molar-refractivity contribution in [2.45, 2.75) is 38.0 Å². The summed E-state index contributed by atoms with van der Waals surface area (Å²) < 4.78 is 3.70. The Hall–Kier alpha value is -3.00. The SMILES string of the molecule is Cn1c(CC(=O)N[C@@H]2CC(Cn3cccn3)C[C@H]2O)nnc1-c1ccccc1. The Balaban J connectivity index is 1.35. The van der Waals surface area contributed by atoms with Crippen LogP contribution in [0, 0.1) is 5.92 Å². The Morgan fingerprint density at radius 2 is 2.04 bits per heavy atom. The quantitative estimate of drug-likeness (QED) is 0.669. The molecular formula is C20H24N6O2. The number of nitrogens with one attached hydrogen (secondary N) is 1. The third-order valence-electron chi connectivity index (χ3n) is 5.29. The van der Waals surface area contributed by atoms with Crippen LogP contribution in [-0.2, 0) is 24.8 Å². The van der Waals surface area contributed by atoms with Crippen molar-refractivity contribution in [1.29, 1.82) is 0 Å². The molecule has 2 heterocycles. The van der Waals surface area contributed by atoms with Crippen LogP contribution in [0.1, 0.15) is 18.7 Å². The Bertz CT molecular complexity index is 922. The fourth-order valence-electron chi connectivity index (χ4n) is 3.85. The van der Waals surface area contributed by atoms with Crippen molar-refractivity contribution in [2.75, 3.05) is 0 Å². The number of carbonyl (C=O) groups is 1. The molecule has 0 bridgehead atoms. The van der Waals surface area contributed by atoms with Gasteiger partial charge < -0.3 is 15.0 Å². The van der Waals surface area contributed by atoms with Gasteiger partial charge in [0.2, 0.25) is 5.91 Å². The maximum atomic E-state index is 12.5. The Kier molecular flexibility index (Phi) is 5.21. The van der Waals surface area contributed by atoms with Gasteiger partial charge in [-0.15, -0.1) is 10.2 Å². The predicted octanol–water partition coefficient (Wildman–Crippen LogP) is 1.18. The van der Waals surface area contributed by atoms with Crippen molar-refractivity contribution in [3.8, 4) is 11.4 Å². The summed E-state index contributed by atoms with van der Waals surface area (Å²) >= 11 is 0. The minimum atomic E-state index is -0.538. The van der Waals surface area contributed by atoms with Crippen LogP contribution in [0.15, 0.2) is 48.8 Å². The molecule has 146 valence electrons. The molecular weight excluding hydrogens is 356 g/mol. The zero-order valence-electron chi connectivity index (χ0n) is 15.8. The van der Waals surface area contributed by atoms with E-state index in [4.69, 9.17) is 0 Å². The number of hydrogen-bond donors (Lipinski definition) is 2. The van der Waals surface area contributed by atoms with E-state index in [0.29, 0.717) is 18.2 Å². The fourth-order valence-corrected chi connectivity index (χ4v) is 3.85. The van der Waals surface area contributed by atoms with Crippen LogP contribution < -0.4 is 5.32 Å². The van der Waals surface area contributed by atoms with E-state index >= 15 is 0 Å². The lowest BCUT2D eigenvalue weighted by Crippen LogP contribution is -2.41. The normalized spacial score (nSPS) is 21.7. The van der Waals surface area contributed by atoms with Crippen molar-refractivity contribution < 1.29 is 9.90 Å². The summed E-state index contributed by atoms with van der Waals surface area (Å²) in [5.74, 6) is 1.46. The molecule has 8 nitrogen and oxygen atoms in total. The summed E-state index contributed by atoms with van der Waals surface area (Å²) in [6, 6.07) is 11.4. The molecule has 0 saturated heterocycles. The van der Waals surface area contributed by atoms with Crippen LogP contribution in [0.4, 0.5) is 0 Å². The van der Waals surface area contributed by atoms with Gasteiger partial charge in [0, 0.05) is 31.5 Å². The molecule has 1 unspecified atom stereocenters. The van der Waals surface area contributed by atoms with Gasteiger partial charge in [0.1, 0.15) is 5.82 Å². The topological polar surface area (TPSA) is 97.9 Å². The number of aliphatic hydroxyl groups is 1. The van der Waals surface area contributed by atoms with Gasteiger partial charge in [-0.25, -0.2) is 0 Å². The summed E-state index contributed by atoms with van der Waals surface area (Å²) in [5, 5.41) is 25.9. The third-order valence-corrected chi connectivity index (χ3v) is 5.29. The standard InChI is InChI=1S/C20H24N6O2/c1-25-18(23-24-20(25)15-6-3-2-4-7-15)12-19(28)22-16-10-14(11-17(16)27)13-26-9-5-8-21-26/h2-9,14,16-17,27H,10-13H2,1H3,(H,22,28)/t14?,16-,17-/m1/s1. The van der Waals surface area contributed by atoms with Gasteiger partial charge in [-0.2, -0.15) is 5.10 Å². The van der Waals surface area contributed by atoms with Crippen LogP contribution in [0.3, 0.4) is 0 Å². The number of aromatic nitrogens is 5. The van der Waals surface area contributed by atoms with Crippen molar-refractivity contribution in [3.05, 3.63) is 54.6 Å². The third kappa shape index (κ3) is 3.96. The van der Waals surface area contributed by atoms with E-state index in [2.05, 4.69) is 20.6 Å². The Labute approximate surface area is 163 Å². The van der Waals surface area contributed by atoms with Crippen LogP contribution >= 0.6 is 0 Å². The lowest BCUT2D eigenvalue weighted by molar-refractivity contribution is -0.121. The van der Waals surface area contributed by atoms with E-state index in [1.807, 2.05) is 58.9 Å². The zero-order valence-corrected chi connectivity index (χ0v) is 15.8. The number of hydrogen-bond acceptors (Lipinski definition) is 5. The molecule has 1 aromatic carbocycles. The maximum Gasteiger partial charge on any atom is 0.227 e. The fraction of sp³-hybridized carbons (Fsp3) is 0.400. The highest BCUT2D eigenvalue weighted by atomic mass is 16.3. The first-order valence-corrected chi connectivity index (χ1v) is 9.48. The van der Waals surface area contributed by atoms with Gasteiger partial charge in [-0.05, 0) is 24.8 Å². The van der Waals surface area contributed by atoms with E-state index in [1.54, 1.807) is 6.20 Å². The van der Waals surface area contributed by atoms with E-state index in [-0.39, 0.29) is 18.4 Å². The number of rotatable bonds is 6. The van der Waals surface area contributed by atoms with Gasteiger partial charge in [-0.3, -0.25) is 9.48 Å². The molecule has 1 fully saturated rings. The van der Waals surface area contributed by atoms with E-state index in [1.165, 1.54) is 0 Å². The molecule has 1 aliphatic rings. The second-order valence-corrected chi connectivity index (χ2v) is 7.35. The molecule has 2 aromatic heterocycles. The molecule has 1 aliphatic carbocycles. The van der Waals surface area contributed by atoms with Gasteiger partial charge in [0.15, 0.2) is 5.82 Å². The molecule has 4 rings (SSSR count). The molecule has 3 aromatic rings. The summed E-state index contributed by atoms with van der Waals surface area (Å²) in [7, 11) is 1.86. The minimum absolute atomic E-state index is 0.128. The Morgan fingerprint density at radius 1 is 1.21 bits per heavy atom. The Morgan fingerprint density at radius 3 is 2.79 bits per heavy atom. The van der Waals surface area contributed by atoms with Crippen LogP contribution in [0.2, 0.25) is 0 Å². The van der Waals surface area contributed by atoms with Crippen molar-refractivity contribution in [2.24, 2.45) is 13.0 Å². The first-order valence-electron chi connectivity index (χ1n) is 9.48. The number of nitrogens with zero attached hydrogens (tertiary/aromatic N) is 5. The second-order valence-electron chi connectivity index (χ2n) is 7.35. The minimum Gasteiger partial charge on any atom is -0.391 e. The second kappa shape index (κ2) is 7.93. The highest BCUT2D eigenvalue weighted by Crippen LogP contribution is 2.27. The smallest absolute Gasteiger partial charge is 0.227 e. The van der Waals surface area contributed by atoms with Crippen molar-refractivity contribution in [3.63, 3.8) is 0 Å². The largest absolute Gasteiger partial charge is 0.391 e. The number of amides is 1. The molecule has 0 spiro atoms. The van der Waals surface area contributed by atoms with E-state index in [0.717, 1.165) is 24.4 Å². The predicted molar refractivity (Wildman–Crippen MR) is 103 cm³/mol. The molecule has 1 saturated carbocycles. The van der Waals surface area contributed by atoms with Gasteiger partial charge in [0.25, 0.3) is 0 Å². The van der Waals surface area contributed by atoms with Crippen LogP contribution in [-0.4, -0.2) is 47.7 Å². The van der Waals surface area contributed by atoms with Crippen molar-refractivity contribution in [1.82, 2.24) is 29.9 Å². The summed E-state index contributed by atoms with van der Waals surface area (Å²) in [4.78, 5) is 12.5. The molecule has 1 amide bonds. The highest BCUT2D eigenvalue weighted by molar-refractivity contribution is 5.78. The molecule has 2 N–H and O–H groups in total. The van der Waals surface area contributed by atoms with E-state index < -0.39 is 6.10 Å². The number of carbonyl (C=O) groups excluding carboxylic acids is 1. The van der Waals surface area contributed by atoms with E-state index in [9.17, 15) is 9.90 Å². The van der Waals surface area contributed by atoms with Crippen LogP contribution in [0.5, 0.6) is 0 Å². The monoisotopic (exact) mass is 380 g/mol. The lowest BCUT2D eigenvalue weighted by atomic mass is 10.1. The molecule has 28 heavy (non-hydrogen) atoms. The average Bonchev–Trinajstić information content (AvgIpc) is 3.40. The first kappa shape index (κ1) is 18.4. The van der Waals surface area contributed by atoms with Gasteiger partial charge in [-0.1, -0.05) is 30.3 Å². The van der Waals surface area contributed by atoms with Crippen molar-refractivity contribution >= 4 is 5.91 Å². The van der Waals surface area contributed by atoms with Gasteiger partial charge in [0.05, 0.1) is 18.6 Å². The zero-order chi connectivity index (χ0) is 19.5. The highest BCUT2D eigenvalue weighted by Gasteiger charge is 2.34. The first-order chi connectivity index (χ1) is 13.6. The molecule has 0 radical (unpaired) electrons. The summed E-state index contributed by atoms with van der Waals surface area (Å²) in [5.41, 5.74) is 0.955. The summed E-state index contributed by atoms with van der Waals surface area (Å²) in [6.07, 6.45) is 4.65. The molecule has 3 atom stereocenters. The van der Waals surface area contributed by atoms with Gasteiger partial charge >= 0.3 is 0 Å². The lowest BCUT2D eigenvalue weighted by Gasteiger charge is -2.16. The molecule has 8 heteroatoms. The van der Waals surface area contributed by atoms with Crippen LogP contribution in [0.25, 0.3) is 11.4 Å². The number of aliphatic hydroxyl groups excluding tert-OH is 1. The summed E-state index contributed by atoms with van der Waals surface area (Å²) in [6.45, 7) is 0.750. The number of benzene rings is 1. The average molecular weight is 380 g/mol. The molecule has 0 aliphatic heterocycles.